The molecule has 1 heterocycles. The highest BCUT2D eigenvalue weighted by molar-refractivity contribution is 5.98. The molecule has 14 heavy (non-hydrogen) atoms. The SMILES string of the molecule is N/C(=N/O)c1ccnnc1OCCO. The van der Waals surface area contributed by atoms with E-state index in [1.54, 1.807) is 0 Å². The maximum absolute atomic E-state index is 8.53. The highest BCUT2D eigenvalue weighted by Crippen LogP contribution is 2.11. The van der Waals surface area contributed by atoms with Crippen LogP contribution in [0.1, 0.15) is 5.56 Å². The first-order valence-electron chi connectivity index (χ1n) is 3.83. The summed E-state index contributed by atoms with van der Waals surface area (Å²) in [5.74, 6) is 0.00434. The predicted molar refractivity (Wildman–Crippen MR) is 47.1 cm³/mol. The number of nitrogens with two attached hydrogens (primary N) is 1. The van der Waals surface area contributed by atoms with E-state index >= 15 is 0 Å². The lowest BCUT2D eigenvalue weighted by atomic mass is 10.3. The van der Waals surface area contributed by atoms with Gasteiger partial charge in [-0.05, 0) is 6.07 Å². The van der Waals surface area contributed by atoms with Gasteiger partial charge in [-0.1, -0.05) is 5.16 Å². The van der Waals surface area contributed by atoms with Gasteiger partial charge in [0.05, 0.1) is 18.4 Å². The predicted octanol–water partition coefficient (Wildman–Crippen LogP) is -1.06. The van der Waals surface area contributed by atoms with E-state index < -0.39 is 0 Å². The number of nitrogens with zero attached hydrogens (tertiary/aromatic N) is 3. The fraction of sp³-hybridized carbons (Fsp3) is 0.286. The Morgan fingerprint density at radius 2 is 2.43 bits per heavy atom. The topological polar surface area (TPSA) is 114 Å². The molecule has 76 valence electrons. The van der Waals surface area contributed by atoms with Crippen molar-refractivity contribution in [2.45, 2.75) is 0 Å². The molecule has 0 aliphatic carbocycles. The number of oxime groups is 1. The molecule has 0 unspecified atom stereocenters. The van der Waals surface area contributed by atoms with Gasteiger partial charge in [0.15, 0.2) is 5.84 Å². The van der Waals surface area contributed by atoms with Crippen LogP contribution in [0.2, 0.25) is 0 Å². The number of amidine groups is 1. The van der Waals surface area contributed by atoms with Crippen molar-refractivity contribution in [3.63, 3.8) is 0 Å². The Bertz CT molecular complexity index is 328. The minimum Gasteiger partial charge on any atom is -0.474 e. The molecule has 0 atom stereocenters. The number of hydrogen-bond acceptors (Lipinski definition) is 6. The molecule has 7 nitrogen and oxygen atoms in total. The van der Waals surface area contributed by atoms with Crippen LogP contribution in [-0.4, -0.2) is 39.6 Å². The first kappa shape index (κ1) is 10.2. The van der Waals surface area contributed by atoms with Crippen LogP contribution in [0, 0.1) is 0 Å². The van der Waals surface area contributed by atoms with E-state index in [1.807, 2.05) is 0 Å². The molecule has 0 aliphatic heterocycles. The molecule has 4 N–H and O–H groups in total. The summed E-state index contributed by atoms with van der Waals surface area (Å²) in [6.45, 7) is -0.0728. The molecule has 0 bridgehead atoms. The van der Waals surface area contributed by atoms with E-state index in [2.05, 4.69) is 15.4 Å². The van der Waals surface area contributed by atoms with Crippen molar-refractivity contribution < 1.29 is 15.1 Å². The van der Waals surface area contributed by atoms with Gasteiger partial charge in [0.1, 0.15) is 6.61 Å². The molecule has 0 amide bonds. The average Bonchev–Trinajstić information content (AvgIpc) is 2.25. The Kier molecular flexibility index (Phi) is 3.62. The maximum Gasteiger partial charge on any atom is 0.244 e. The van der Waals surface area contributed by atoms with Gasteiger partial charge in [-0.15, -0.1) is 5.10 Å². The molecule has 0 radical (unpaired) electrons. The van der Waals surface area contributed by atoms with Crippen molar-refractivity contribution in [3.8, 4) is 5.88 Å². The first-order valence-corrected chi connectivity index (χ1v) is 3.83. The van der Waals surface area contributed by atoms with Crippen LogP contribution in [-0.2, 0) is 0 Å². The molecule has 1 rings (SSSR count). The van der Waals surface area contributed by atoms with Gasteiger partial charge in [-0.25, -0.2) is 0 Å². The van der Waals surface area contributed by atoms with Gasteiger partial charge in [0.25, 0.3) is 0 Å². The van der Waals surface area contributed by atoms with Crippen LogP contribution in [0.5, 0.6) is 5.88 Å². The Morgan fingerprint density at radius 3 is 3.07 bits per heavy atom. The molecule has 1 aromatic heterocycles. The monoisotopic (exact) mass is 198 g/mol. The Labute approximate surface area is 79.8 Å². The van der Waals surface area contributed by atoms with Crippen LogP contribution < -0.4 is 10.5 Å². The Morgan fingerprint density at radius 1 is 1.64 bits per heavy atom. The summed E-state index contributed by atoms with van der Waals surface area (Å²) in [6, 6.07) is 1.49. The Hall–Kier alpha value is -1.89. The molecule has 0 aromatic carbocycles. The number of hydrogen-bond donors (Lipinski definition) is 3. The van der Waals surface area contributed by atoms with Crippen molar-refractivity contribution in [2.24, 2.45) is 10.9 Å². The molecule has 7 heteroatoms. The molecule has 0 spiro atoms. The zero-order valence-electron chi connectivity index (χ0n) is 7.29. The molecule has 0 saturated heterocycles. The summed E-state index contributed by atoms with van der Waals surface area (Å²) in [4.78, 5) is 0. The van der Waals surface area contributed by atoms with E-state index in [4.69, 9.17) is 20.8 Å². The van der Waals surface area contributed by atoms with Gasteiger partial charge in [-0.3, -0.25) is 0 Å². The lowest BCUT2D eigenvalue weighted by molar-refractivity contribution is 0.195. The molecular weight excluding hydrogens is 188 g/mol. The largest absolute Gasteiger partial charge is 0.474 e. The van der Waals surface area contributed by atoms with Gasteiger partial charge < -0.3 is 20.8 Å². The average molecular weight is 198 g/mol. The number of aliphatic hydroxyl groups excluding tert-OH is 1. The van der Waals surface area contributed by atoms with Gasteiger partial charge in [0.2, 0.25) is 5.88 Å². The highest BCUT2D eigenvalue weighted by atomic mass is 16.5. The lowest BCUT2D eigenvalue weighted by Crippen LogP contribution is -2.16. The van der Waals surface area contributed by atoms with Crippen molar-refractivity contribution >= 4 is 5.84 Å². The Balaban J connectivity index is 2.91. The third-order valence-electron chi connectivity index (χ3n) is 1.40. The van der Waals surface area contributed by atoms with Crippen LogP contribution in [0.15, 0.2) is 17.4 Å². The van der Waals surface area contributed by atoms with Crippen molar-refractivity contribution in [1.29, 1.82) is 0 Å². The molecular formula is C7H10N4O3. The second-order valence-corrected chi connectivity index (χ2v) is 2.31. The number of rotatable bonds is 4. The molecule has 0 aliphatic rings. The molecule has 0 saturated carbocycles. The van der Waals surface area contributed by atoms with Crippen molar-refractivity contribution in [2.75, 3.05) is 13.2 Å². The van der Waals surface area contributed by atoms with Gasteiger partial charge >= 0.3 is 0 Å². The second kappa shape index (κ2) is 4.97. The third-order valence-corrected chi connectivity index (χ3v) is 1.40. The summed E-state index contributed by atoms with van der Waals surface area (Å²) in [6.07, 6.45) is 1.39. The van der Waals surface area contributed by atoms with Crippen LogP contribution >= 0.6 is 0 Å². The van der Waals surface area contributed by atoms with Gasteiger partial charge in [0, 0.05) is 0 Å². The molecule has 1 aromatic rings. The van der Waals surface area contributed by atoms with E-state index in [9.17, 15) is 0 Å². The first-order chi connectivity index (χ1) is 6.79. The molecule has 0 fully saturated rings. The fourth-order valence-corrected chi connectivity index (χ4v) is 0.817. The summed E-state index contributed by atoms with van der Waals surface area (Å²) < 4.78 is 5.01. The van der Waals surface area contributed by atoms with E-state index in [-0.39, 0.29) is 24.9 Å². The lowest BCUT2D eigenvalue weighted by Gasteiger charge is -2.06. The van der Waals surface area contributed by atoms with E-state index in [1.165, 1.54) is 12.3 Å². The third kappa shape index (κ3) is 2.30. The van der Waals surface area contributed by atoms with E-state index in [0.717, 1.165) is 0 Å². The fourth-order valence-electron chi connectivity index (χ4n) is 0.817. The second-order valence-electron chi connectivity index (χ2n) is 2.31. The maximum atomic E-state index is 8.53. The quantitative estimate of drug-likeness (QED) is 0.246. The van der Waals surface area contributed by atoms with Crippen molar-refractivity contribution in [1.82, 2.24) is 10.2 Å². The smallest absolute Gasteiger partial charge is 0.244 e. The van der Waals surface area contributed by atoms with Gasteiger partial charge in [-0.2, -0.15) is 5.10 Å². The highest BCUT2D eigenvalue weighted by Gasteiger charge is 2.09. The summed E-state index contributed by atoms with van der Waals surface area (Å²) in [5.41, 5.74) is 5.69. The van der Waals surface area contributed by atoms with Crippen molar-refractivity contribution in [3.05, 3.63) is 17.8 Å². The minimum atomic E-state index is -0.147. The van der Waals surface area contributed by atoms with Crippen LogP contribution in [0.4, 0.5) is 0 Å². The van der Waals surface area contributed by atoms with Crippen LogP contribution in [0.3, 0.4) is 0 Å². The number of aliphatic hydroxyl groups is 1. The summed E-state index contributed by atoms with van der Waals surface area (Å²) >= 11 is 0. The zero-order chi connectivity index (χ0) is 10.4. The summed E-state index contributed by atoms with van der Waals surface area (Å²) in [5, 5.41) is 27.0. The van der Waals surface area contributed by atoms with Crippen LogP contribution in [0.25, 0.3) is 0 Å². The zero-order valence-corrected chi connectivity index (χ0v) is 7.29. The number of aromatic nitrogens is 2. The number of ether oxygens (including phenoxy) is 1. The summed E-state index contributed by atoms with van der Waals surface area (Å²) in [7, 11) is 0. The minimum absolute atomic E-state index is 0.0738. The standard InChI is InChI=1S/C7H10N4O3/c8-6(11-13)5-1-2-9-10-7(5)14-4-3-12/h1-2,12-13H,3-4H2,(H2,8,11). The van der Waals surface area contributed by atoms with E-state index in [0.29, 0.717) is 5.56 Å². The normalized spacial score (nSPS) is 11.4.